The Morgan fingerprint density at radius 2 is 0.357 bits per heavy atom. The zero-order valence-electron chi connectivity index (χ0n) is 12.8. The van der Waals surface area contributed by atoms with Crippen LogP contribution in [0, 0.1) is 0 Å². The quantitative estimate of drug-likeness (QED) is 0.384. The zero-order chi connectivity index (χ0) is 24.0. The van der Waals surface area contributed by atoms with Gasteiger partial charge in [0, 0.05) is 0 Å². The molecule has 0 rings (SSSR count). The second-order valence-corrected chi connectivity index (χ2v) is 4.44. The molecular weight excluding hydrogens is 462 g/mol. The molecule has 0 saturated carbocycles. The van der Waals surface area contributed by atoms with Gasteiger partial charge in [-0.05, 0) is 0 Å². The molecular formula is C10H6F18. The van der Waals surface area contributed by atoms with E-state index in [1.165, 1.54) is 0 Å². The molecule has 0 heterocycles. The first-order valence-electron chi connectivity index (χ1n) is 6.15. The van der Waals surface area contributed by atoms with Crippen molar-refractivity contribution in [1.82, 2.24) is 0 Å². The van der Waals surface area contributed by atoms with Crippen molar-refractivity contribution in [2.45, 2.75) is 61.7 Å². The number of halogens is 18. The number of hydrogen-bond acceptors (Lipinski definition) is 0. The van der Waals surface area contributed by atoms with Crippen LogP contribution in [0.1, 0.15) is 13.8 Å². The molecule has 0 aliphatic rings. The molecule has 0 radical (unpaired) electrons. The molecule has 0 atom stereocenters. The number of alkyl halides is 18. The lowest BCUT2D eigenvalue weighted by molar-refractivity contribution is -0.468. The van der Waals surface area contributed by atoms with E-state index in [4.69, 9.17) is 0 Å². The van der Waals surface area contributed by atoms with Gasteiger partial charge in [0.1, 0.15) is 0 Å². The predicted molar refractivity (Wildman–Crippen MR) is 53.1 cm³/mol. The van der Waals surface area contributed by atoms with E-state index in [2.05, 4.69) is 0 Å². The SMILES string of the molecule is CC.FC(F)(F)C(F)(F)C(F)(F)C(F)(F)C(F)(F)C(F)(F)C(F)(F)C(F)(F)F. The summed E-state index contributed by atoms with van der Waals surface area (Å²) in [7, 11) is 0. The van der Waals surface area contributed by atoms with Crippen molar-refractivity contribution >= 4 is 0 Å². The first-order chi connectivity index (χ1) is 11.8. The van der Waals surface area contributed by atoms with Crippen molar-refractivity contribution in [2.24, 2.45) is 0 Å². The summed E-state index contributed by atoms with van der Waals surface area (Å²) < 4.78 is 221. The molecule has 0 aliphatic heterocycles. The van der Waals surface area contributed by atoms with E-state index in [0.717, 1.165) is 0 Å². The molecule has 0 bridgehead atoms. The summed E-state index contributed by atoms with van der Waals surface area (Å²) in [5.74, 6) is -51.0. The van der Waals surface area contributed by atoms with Crippen LogP contribution in [0.4, 0.5) is 79.0 Å². The summed E-state index contributed by atoms with van der Waals surface area (Å²) in [4.78, 5) is 0. The van der Waals surface area contributed by atoms with E-state index in [1.54, 1.807) is 0 Å². The third-order valence-electron chi connectivity index (χ3n) is 2.68. The molecule has 0 aromatic carbocycles. The normalized spacial score (nSPS) is 15.9. The van der Waals surface area contributed by atoms with Crippen LogP contribution in [0.25, 0.3) is 0 Å². The number of rotatable bonds is 5. The van der Waals surface area contributed by atoms with Crippen LogP contribution in [-0.2, 0) is 0 Å². The Bertz CT molecular complexity index is 471. The minimum absolute atomic E-state index is 2.00. The molecule has 0 unspecified atom stereocenters. The average Bonchev–Trinajstić information content (AvgIpc) is 2.45. The molecule has 0 nitrogen and oxygen atoms in total. The van der Waals surface area contributed by atoms with Crippen LogP contribution in [0.15, 0.2) is 0 Å². The highest BCUT2D eigenvalue weighted by molar-refractivity contribution is 5.14. The minimum Gasteiger partial charge on any atom is -0.192 e. The fraction of sp³-hybridized carbons (Fsp3) is 1.00. The van der Waals surface area contributed by atoms with Gasteiger partial charge in [0.05, 0.1) is 0 Å². The molecule has 0 aromatic heterocycles. The van der Waals surface area contributed by atoms with Crippen LogP contribution in [0.2, 0.25) is 0 Å². The van der Waals surface area contributed by atoms with Crippen molar-refractivity contribution in [3.05, 3.63) is 0 Å². The van der Waals surface area contributed by atoms with Crippen LogP contribution >= 0.6 is 0 Å². The summed E-state index contributed by atoms with van der Waals surface area (Å²) in [6.07, 6.45) is -15.6. The summed E-state index contributed by atoms with van der Waals surface area (Å²) >= 11 is 0. The van der Waals surface area contributed by atoms with E-state index in [1.807, 2.05) is 13.8 Å². The van der Waals surface area contributed by atoms with E-state index in [-0.39, 0.29) is 0 Å². The first-order valence-corrected chi connectivity index (χ1v) is 6.15. The van der Waals surface area contributed by atoms with Gasteiger partial charge < -0.3 is 0 Å². The van der Waals surface area contributed by atoms with Crippen molar-refractivity contribution in [2.75, 3.05) is 0 Å². The molecule has 28 heavy (non-hydrogen) atoms. The van der Waals surface area contributed by atoms with Gasteiger partial charge in [0.25, 0.3) is 0 Å². The van der Waals surface area contributed by atoms with Gasteiger partial charge in [-0.3, -0.25) is 0 Å². The van der Waals surface area contributed by atoms with Gasteiger partial charge in [0.15, 0.2) is 0 Å². The third-order valence-corrected chi connectivity index (χ3v) is 2.68. The molecule has 0 fully saturated rings. The Balaban J connectivity index is 0. The van der Waals surface area contributed by atoms with Crippen molar-refractivity contribution in [1.29, 1.82) is 0 Å². The lowest BCUT2D eigenvalue weighted by Gasteiger charge is -2.41. The van der Waals surface area contributed by atoms with Gasteiger partial charge in [-0.1, -0.05) is 13.8 Å². The lowest BCUT2D eigenvalue weighted by atomic mass is 9.91. The fourth-order valence-electron chi connectivity index (χ4n) is 1.14. The van der Waals surface area contributed by atoms with Gasteiger partial charge in [0.2, 0.25) is 0 Å². The molecule has 0 saturated heterocycles. The van der Waals surface area contributed by atoms with Crippen LogP contribution in [0.3, 0.4) is 0 Å². The van der Waals surface area contributed by atoms with Crippen molar-refractivity contribution in [3.8, 4) is 0 Å². The minimum atomic E-state index is -8.72. The standard InChI is InChI=1S/C8F18.C2H6/c9-1(10,3(13,14)5(17,18)7(21,22)23)2(11,12)4(15,16)6(19,20)8(24,25)26;1-2/h;1-2H3. The highest BCUT2D eigenvalue weighted by Crippen LogP contribution is 2.63. The maximum Gasteiger partial charge on any atom is 0.460 e. The second-order valence-electron chi connectivity index (χ2n) is 4.44. The molecule has 0 spiro atoms. The maximum absolute atomic E-state index is 12.8. The highest BCUT2D eigenvalue weighted by Gasteiger charge is 2.95. The van der Waals surface area contributed by atoms with E-state index < -0.39 is 47.9 Å². The Morgan fingerprint density at radius 1 is 0.250 bits per heavy atom. The summed E-state index contributed by atoms with van der Waals surface area (Å²) in [5, 5.41) is 0. The van der Waals surface area contributed by atoms with Crippen LogP contribution < -0.4 is 0 Å². The van der Waals surface area contributed by atoms with Crippen molar-refractivity contribution in [3.63, 3.8) is 0 Å². The smallest absolute Gasteiger partial charge is 0.192 e. The fourth-order valence-corrected chi connectivity index (χ4v) is 1.14. The molecule has 0 aliphatic carbocycles. The first kappa shape index (κ1) is 28.9. The van der Waals surface area contributed by atoms with Gasteiger partial charge >= 0.3 is 47.9 Å². The topological polar surface area (TPSA) is 0 Å². The monoisotopic (exact) mass is 468 g/mol. The van der Waals surface area contributed by atoms with E-state index in [9.17, 15) is 79.0 Å². The van der Waals surface area contributed by atoms with E-state index in [0.29, 0.717) is 0 Å². The molecule has 0 aromatic rings. The van der Waals surface area contributed by atoms with Crippen LogP contribution in [0.5, 0.6) is 0 Å². The average molecular weight is 468 g/mol. The summed E-state index contributed by atoms with van der Waals surface area (Å²) in [5.41, 5.74) is 0. The van der Waals surface area contributed by atoms with Crippen LogP contribution in [-0.4, -0.2) is 47.9 Å². The molecule has 18 heteroatoms. The third kappa shape index (κ3) is 3.66. The molecule has 0 amide bonds. The number of hydrogen-bond donors (Lipinski definition) is 0. The Morgan fingerprint density at radius 3 is 0.464 bits per heavy atom. The maximum atomic E-state index is 12.8. The molecule has 172 valence electrons. The Labute approximate surface area is 142 Å². The van der Waals surface area contributed by atoms with Gasteiger partial charge in [-0.15, -0.1) is 0 Å². The largest absolute Gasteiger partial charge is 0.460 e. The highest BCUT2D eigenvalue weighted by atomic mass is 19.4. The Hall–Kier alpha value is -1.26. The predicted octanol–water partition coefficient (Wildman–Crippen LogP) is 6.95. The Kier molecular flexibility index (Phi) is 7.46. The molecule has 0 N–H and O–H groups in total. The summed E-state index contributed by atoms with van der Waals surface area (Å²) in [6, 6.07) is 0. The zero-order valence-corrected chi connectivity index (χ0v) is 12.8. The van der Waals surface area contributed by atoms with Crippen molar-refractivity contribution < 1.29 is 79.0 Å². The van der Waals surface area contributed by atoms with Gasteiger partial charge in [-0.2, -0.15) is 79.0 Å². The van der Waals surface area contributed by atoms with E-state index >= 15 is 0 Å². The van der Waals surface area contributed by atoms with Gasteiger partial charge in [-0.25, -0.2) is 0 Å². The lowest BCUT2D eigenvalue weighted by Crippen LogP contribution is -2.74. The summed E-state index contributed by atoms with van der Waals surface area (Å²) in [6.45, 7) is 4.00. The second kappa shape index (κ2) is 7.21.